The maximum atomic E-state index is 12.2. The summed E-state index contributed by atoms with van der Waals surface area (Å²) in [6.45, 7) is 6.10. The summed E-state index contributed by atoms with van der Waals surface area (Å²) >= 11 is 0. The summed E-state index contributed by atoms with van der Waals surface area (Å²) in [5.74, 6) is 2.89. The molecule has 0 saturated heterocycles. The van der Waals surface area contributed by atoms with Crippen molar-refractivity contribution in [3.05, 3.63) is 36.1 Å². The molecule has 156 valence electrons. The topological polar surface area (TPSA) is 79.2 Å². The molecule has 0 spiro atoms. The molecule has 2 aliphatic rings. The van der Waals surface area contributed by atoms with Crippen LogP contribution in [0.25, 0.3) is 0 Å². The molecule has 0 aliphatic heterocycles. The van der Waals surface area contributed by atoms with Crippen LogP contribution >= 0.6 is 0 Å². The second kappa shape index (κ2) is 8.09. The molecule has 3 N–H and O–H groups in total. The molecule has 2 amide bonds. The highest BCUT2D eigenvalue weighted by Gasteiger charge is 2.36. The zero-order valence-corrected chi connectivity index (χ0v) is 17.6. The second-order valence-electron chi connectivity index (χ2n) is 9.52. The first kappa shape index (κ1) is 19.8. The summed E-state index contributed by atoms with van der Waals surface area (Å²) in [6.07, 6.45) is 8.15. The van der Waals surface area contributed by atoms with E-state index in [1.54, 1.807) is 6.07 Å². The first-order valence-electron chi connectivity index (χ1n) is 10.8. The van der Waals surface area contributed by atoms with E-state index in [0.717, 1.165) is 29.0 Å². The van der Waals surface area contributed by atoms with Crippen LogP contribution in [0.2, 0.25) is 0 Å². The van der Waals surface area contributed by atoms with Crippen molar-refractivity contribution in [2.75, 3.05) is 16.0 Å². The van der Waals surface area contributed by atoms with Crippen molar-refractivity contribution in [2.24, 2.45) is 11.8 Å². The number of nitrogens with zero attached hydrogens (tertiary/aromatic N) is 1. The van der Waals surface area contributed by atoms with Crippen molar-refractivity contribution in [3.63, 3.8) is 0 Å². The second-order valence-corrected chi connectivity index (χ2v) is 9.52. The quantitative estimate of drug-likeness (QED) is 0.592. The number of rotatable bonds is 4. The molecule has 0 radical (unpaired) electrons. The van der Waals surface area contributed by atoms with Crippen molar-refractivity contribution >= 4 is 23.2 Å². The normalized spacial score (nSPS) is 24.0. The fraction of sp³-hybridized carbons (Fsp3) is 0.565. The van der Waals surface area contributed by atoms with Crippen molar-refractivity contribution in [2.45, 2.75) is 70.8 Å². The van der Waals surface area contributed by atoms with Crippen LogP contribution in [-0.2, 0) is 5.41 Å². The van der Waals surface area contributed by atoms with Crippen LogP contribution in [0.15, 0.2) is 34.9 Å². The number of anilines is 3. The monoisotopic (exact) mass is 396 g/mol. The van der Waals surface area contributed by atoms with Crippen LogP contribution in [0.5, 0.6) is 0 Å². The van der Waals surface area contributed by atoms with Crippen LogP contribution in [0, 0.1) is 11.8 Å². The third-order valence-corrected chi connectivity index (χ3v) is 6.31. The molecule has 0 bridgehead atoms. The molecule has 6 nitrogen and oxygen atoms in total. The van der Waals surface area contributed by atoms with Gasteiger partial charge in [-0.15, -0.1) is 0 Å². The maximum absolute atomic E-state index is 12.2. The highest BCUT2D eigenvalue weighted by atomic mass is 16.5. The Labute approximate surface area is 172 Å². The minimum Gasteiger partial charge on any atom is -0.382 e. The van der Waals surface area contributed by atoms with Crippen molar-refractivity contribution in [3.8, 4) is 0 Å². The number of nitrogens with one attached hydrogen (secondary N) is 3. The van der Waals surface area contributed by atoms with Gasteiger partial charge >= 0.3 is 6.03 Å². The van der Waals surface area contributed by atoms with E-state index in [9.17, 15) is 4.79 Å². The molecule has 1 aromatic carbocycles. The largest absolute Gasteiger partial charge is 0.382 e. The first-order valence-corrected chi connectivity index (χ1v) is 10.8. The number of benzene rings is 1. The minimum atomic E-state index is -0.333. The van der Waals surface area contributed by atoms with Gasteiger partial charge in [0.05, 0.1) is 0 Å². The van der Waals surface area contributed by atoms with Gasteiger partial charge in [0.2, 0.25) is 0 Å². The van der Waals surface area contributed by atoms with Crippen LogP contribution in [0.4, 0.5) is 22.0 Å². The lowest BCUT2D eigenvalue weighted by molar-refractivity contribution is 0.253. The van der Waals surface area contributed by atoms with Crippen molar-refractivity contribution in [1.82, 2.24) is 5.16 Å². The molecule has 2 aliphatic carbocycles. The summed E-state index contributed by atoms with van der Waals surface area (Å²) in [4.78, 5) is 12.2. The Morgan fingerprint density at radius 2 is 1.69 bits per heavy atom. The number of hydrogen-bond acceptors (Lipinski definition) is 4. The number of amides is 2. The van der Waals surface area contributed by atoms with Gasteiger partial charge in [0, 0.05) is 28.9 Å². The maximum Gasteiger partial charge on any atom is 0.324 e. The lowest BCUT2D eigenvalue weighted by atomic mass is 9.78. The fourth-order valence-corrected chi connectivity index (χ4v) is 4.78. The van der Waals surface area contributed by atoms with Gasteiger partial charge in [-0.05, 0) is 48.9 Å². The Kier molecular flexibility index (Phi) is 5.52. The molecule has 3 atom stereocenters. The molecule has 2 aromatic rings. The molecular weight excluding hydrogens is 364 g/mol. The highest BCUT2D eigenvalue weighted by molar-refractivity contribution is 5.99. The van der Waals surface area contributed by atoms with E-state index < -0.39 is 0 Å². The molecule has 2 saturated carbocycles. The summed E-state index contributed by atoms with van der Waals surface area (Å²) in [5.41, 5.74) is 1.72. The highest BCUT2D eigenvalue weighted by Crippen LogP contribution is 2.43. The standard InChI is InChI=1S/C23H32N4O2/c1-23(2,3)20-14-21(27-29-20)26-22(28)25-17-12-10-16(11-13-17)24-19-9-5-7-15-6-4-8-18(15)19/h10-15,18-19,24H,4-9H2,1-3H3,(H2,25,26,27,28). The Bertz CT molecular complexity index is 837. The Hall–Kier alpha value is -2.50. The summed E-state index contributed by atoms with van der Waals surface area (Å²) in [5, 5.41) is 13.2. The third kappa shape index (κ3) is 4.74. The average Bonchev–Trinajstić information content (AvgIpc) is 3.33. The van der Waals surface area contributed by atoms with E-state index in [1.807, 2.05) is 45.0 Å². The van der Waals surface area contributed by atoms with Crippen LogP contribution in [-0.4, -0.2) is 17.2 Å². The molecule has 29 heavy (non-hydrogen) atoms. The smallest absolute Gasteiger partial charge is 0.324 e. The summed E-state index contributed by atoms with van der Waals surface area (Å²) < 4.78 is 5.30. The Morgan fingerprint density at radius 1 is 1.00 bits per heavy atom. The van der Waals surface area contributed by atoms with Gasteiger partial charge in [-0.1, -0.05) is 51.6 Å². The molecule has 6 heteroatoms. The molecule has 4 rings (SSSR count). The van der Waals surface area contributed by atoms with Crippen LogP contribution < -0.4 is 16.0 Å². The van der Waals surface area contributed by atoms with Gasteiger partial charge < -0.3 is 15.2 Å². The van der Waals surface area contributed by atoms with E-state index in [-0.39, 0.29) is 11.4 Å². The summed E-state index contributed by atoms with van der Waals surface area (Å²) in [6, 6.07) is 9.96. The fourth-order valence-electron chi connectivity index (χ4n) is 4.78. The Morgan fingerprint density at radius 3 is 2.38 bits per heavy atom. The Balaban J connectivity index is 1.31. The number of aromatic nitrogens is 1. The first-order chi connectivity index (χ1) is 13.9. The van der Waals surface area contributed by atoms with E-state index in [1.165, 1.54) is 38.5 Å². The van der Waals surface area contributed by atoms with E-state index >= 15 is 0 Å². The van der Waals surface area contributed by atoms with E-state index in [0.29, 0.717) is 11.9 Å². The predicted octanol–water partition coefficient (Wildman–Crippen LogP) is 6.00. The molecule has 2 fully saturated rings. The lowest BCUT2D eigenvalue weighted by Crippen LogP contribution is -2.35. The minimum absolute atomic E-state index is 0.150. The number of fused-ring (bicyclic) bond motifs is 1. The van der Waals surface area contributed by atoms with E-state index in [4.69, 9.17) is 4.52 Å². The van der Waals surface area contributed by atoms with Gasteiger partial charge in [0.1, 0.15) is 5.76 Å². The van der Waals surface area contributed by atoms with Gasteiger partial charge in [0.15, 0.2) is 5.82 Å². The molecule has 1 heterocycles. The zero-order chi connectivity index (χ0) is 20.4. The van der Waals surface area contributed by atoms with Crippen LogP contribution in [0.1, 0.15) is 65.1 Å². The van der Waals surface area contributed by atoms with Gasteiger partial charge in [-0.2, -0.15) is 0 Å². The molecule has 1 aromatic heterocycles. The SMILES string of the molecule is CC(C)(C)c1cc(NC(=O)Nc2ccc(NC3CCCC4CCCC43)cc2)no1. The number of carbonyl (C=O) groups is 1. The van der Waals surface area contributed by atoms with Crippen LogP contribution in [0.3, 0.4) is 0 Å². The third-order valence-electron chi connectivity index (χ3n) is 6.31. The lowest BCUT2D eigenvalue weighted by Gasteiger charge is -2.35. The number of carbonyl (C=O) groups excluding carboxylic acids is 1. The van der Waals surface area contributed by atoms with E-state index in [2.05, 4.69) is 21.1 Å². The van der Waals surface area contributed by atoms with Gasteiger partial charge in [0.25, 0.3) is 0 Å². The number of hydrogen-bond donors (Lipinski definition) is 3. The summed E-state index contributed by atoms with van der Waals surface area (Å²) in [7, 11) is 0. The van der Waals surface area contributed by atoms with Gasteiger partial charge in [-0.3, -0.25) is 5.32 Å². The average molecular weight is 397 g/mol. The molecule has 3 unspecified atom stereocenters. The van der Waals surface area contributed by atoms with Gasteiger partial charge in [-0.25, -0.2) is 4.79 Å². The number of urea groups is 1. The van der Waals surface area contributed by atoms with Crippen molar-refractivity contribution < 1.29 is 9.32 Å². The van der Waals surface area contributed by atoms with Crippen molar-refractivity contribution in [1.29, 1.82) is 0 Å². The molecular formula is C23H32N4O2. The zero-order valence-electron chi connectivity index (χ0n) is 17.6. The predicted molar refractivity (Wildman–Crippen MR) is 116 cm³/mol.